The molecule has 0 heterocycles. The molecule has 0 aliphatic rings. The van der Waals surface area contributed by atoms with Gasteiger partial charge < -0.3 is 10.1 Å². The number of hydrogen-bond acceptors (Lipinski definition) is 3. The molecule has 1 N–H and O–H groups in total. The number of carbonyl (C=O) groups excluding carboxylic acids is 2. The Morgan fingerprint density at radius 3 is 2.64 bits per heavy atom. The predicted molar refractivity (Wildman–Crippen MR) is 84.4 cm³/mol. The van der Waals surface area contributed by atoms with Gasteiger partial charge >= 0.3 is 5.97 Å². The van der Waals surface area contributed by atoms with Gasteiger partial charge in [0.15, 0.2) is 6.61 Å². The highest BCUT2D eigenvalue weighted by atomic mass is 127. The Kier molecular flexibility index (Phi) is 5.42. The molecule has 4 nitrogen and oxygen atoms in total. The lowest BCUT2D eigenvalue weighted by Crippen LogP contribution is -2.21. The molecule has 0 fully saturated rings. The number of hydrogen-bond donors (Lipinski definition) is 1. The van der Waals surface area contributed by atoms with Crippen LogP contribution in [0.1, 0.15) is 10.4 Å². The summed E-state index contributed by atoms with van der Waals surface area (Å²) in [6.45, 7) is -0.597. The number of halogens is 3. The molecule has 0 saturated carbocycles. The van der Waals surface area contributed by atoms with E-state index in [0.29, 0.717) is 5.56 Å². The van der Waals surface area contributed by atoms with Gasteiger partial charge in [-0.25, -0.2) is 13.6 Å². The minimum atomic E-state index is -0.779. The third-order valence-corrected chi connectivity index (χ3v) is 3.27. The molecule has 0 aliphatic carbocycles. The van der Waals surface area contributed by atoms with Crippen molar-refractivity contribution in [3.63, 3.8) is 0 Å². The predicted octanol–water partition coefficient (Wildman–Crippen LogP) is 3.36. The van der Waals surface area contributed by atoms with Gasteiger partial charge in [-0.3, -0.25) is 4.79 Å². The fourth-order valence-corrected chi connectivity index (χ4v) is 2.15. The van der Waals surface area contributed by atoms with Crippen LogP contribution in [0.15, 0.2) is 42.5 Å². The lowest BCUT2D eigenvalue weighted by atomic mass is 10.2. The van der Waals surface area contributed by atoms with Crippen LogP contribution in [0.2, 0.25) is 0 Å². The van der Waals surface area contributed by atoms with Gasteiger partial charge in [0.1, 0.15) is 11.6 Å². The molecule has 7 heteroatoms. The highest BCUT2D eigenvalue weighted by molar-refractivity contribution is 14.1. The highest BCUT2D eigenvalue weighted by Gasteiger charge is 2.12. The lowest BCUT2D eigenvalue weighted by molar-refractivity contribution is -0.119. The van der Waals surface area contributed by atoms with Crippen LogP contribution in [-0.4, -0.2) is 18.5 Å². The molecule has 1 amide bonds. The van der Waals surface area contributed by atoms with Crippen molar-refractivity contribution in [3.8, 4) is 0 Å². The minimum absolute atomic E-state index is 0.302. The zero-order valence-corrected chi connectivity index (χ0v) is 13.3. The van der Waals surface area contributed by atoms with E-state index >= 15 is 0 Å². The molecule has 22 heavy (non-hydrogen) atoms. The summed E-state index contributed by atoms with van der Waals surface area (Å²) in [6.07, 6.45) is 0. The van der Waals surface area contributed by atoms with Crippen LogP contribution in [0.5, 0.6) is 0 Å². The van der Waals surface area contributed by atoms with E-state index in [1.165, 1.54) is 0 Å². The first-order valence-corrected chi connectivity index (χ1v) is 7.21. The maximum atomic E-state index is 13.3. The molecule has 0 saturated heterocycles. The topological polar surface area (TPSA) is 55.4 Å². The van der Waals surface area contributed by atoms with Crippen LogP contribution in [0, 0.1) is 15.2 Å². The van der Waals surface area contributed by atoms with Gasteiger partial charge in [0.25, 0.3) is 5.91 Å². The van der Waals surface area contributed by atoms with Crippen LogP contribution < -0.4 is 5.32 Å². The van der Waals surface area contributed by atoms with E-state index in [2.05, 4.69) is 5.32 Å². The Labute approximate surface area is 138 Å². The van der Waals surface area contributed by atoms with Crippen molar-refractivity contribution in [1.82, 2.24) is 0 Å². The molecule has 114 valence electrons. The fraction of sp³-hybridized carbons (Fsp3) is 0.0667. The Balaban J connectivity index is 1.93. The van der Waals surface area contributed by atoms with E-state index in [-0.39, 0.29) is 5.69 Å². The van der Waals surface area contributed by atoms with E-state index in [1.807, 2.05) is 22.6 Å². The third-order valence-electron chi connectivity index (χ3n) is 2.60. The van der Waals surface area contributed by atoms with Crippen molar-refractivity contribution in [2.75, 3.05) is 11.9 Å². The second-order valence-electron chi connectivity index (χ2n) is 4.26. The second kappa shape index (κ2) is 7.30. The zero-order valence-electron chi connectivity index (χ0n) is 11.1. The number of benzene rings is 2. The van der Waals surface area contributed by atoms with Crippen molar-refractivity contribution >= 4 is 40.2 Å². The van der Waals surface area contributed by atoms with Crippen molar-refractivity contribution < 1.29 is 23.1 Å². The number of esters is 1. The van der Waals surface area contributed by atoms with Crippen molar-refractivity contribution in [2.24, 2.45) is 0 Å². The van der Waals surface area contributed by atoms with Gasteiger partial charge in [0.05, 0.1) is 11.3 Å². The molecule has 2 aromatic carbocycles. The average Bonchev–Trinajstić information content (AvgIpc) is 2.48. The van der Waals surface area contributed by atoms with Gasteiger partial charge in [-0.15, -0.1) is 0 Å². The van der Waals surface area contributed by atoms with E-state index in [1.54, 1.807) is 24.3 Å². The monoisotopic (exact) mass is 417 g/mol. The summed E-state index contributed by atoms with van der Waals surface area (Å²) in [5.74, 6) is -2.90. The molecule has 0 unspecified atom stereocenters. The van der Waals surface area contributed by atoms with E-state index < -0.39 is 30.1 Å². The normalized spacial score (nSPS) is 10.1. The van der Waals surface area contributed by atoms with Crippen LogP contribution in [0.4, 0.5) is 14.5 Å². The van der Waals surface area contributed by atoms with Crippen molar-refractivity contribution in [3.05, 3.63) is 63.2 Å². The fourth-order valence-electron chi connectivity index (χ4n) is 1.61. The summed E-state index contributed by atoms with van der Waals surface area (Å²) in [5.41, 5.74) is -0.00746. The van der Waals surface area contributed by atoms with Gasteiger partial charge in [-0.05, 0) is 52.9 Å². The van der Waals surface area contributed by atoms with Gasteiger partial charge in [-0.1, -0.05) is 6.07 Å². The number of rotatable bonds is 4. The molecular formula is C15H10F2INO3. The summed E-state index contributed by atoms with van der Waals surface area (Å²) < 4.78 is 32.0. The summed E-state index contributed by atoms with van der Waals surface area (Å²) >= 11 is 2.04. The maximum Gasteiger partial charge on any atom is 0.338 e. The van der Waals surface area contributed by atoms with Gasteiger partial charge in [0.2, 0.25) is 0 Å². The number of ether oxygens (including phenoxy) is 1. The Hall–Kier alpha value is -2.03. The number of nitrogens with one attached hydrogen (secondary N) is 1. The smallest absolute Gasteiger partial charge is 0.338 e. The van der Waals surface area contributed by atoms with E-state index in [0.717, 1.165) is 21.8 Å². The maximum absolute atomic E-state index is 13.3. The SMILES string of the molecule is O=C(COC(=O)c1cccc(I)c1)Nc1cc(F)ccc1F. The van der Waals surface area contributed by atoms with Gasteiger partial charge in [0, 0.05) is 9.64 Å². The summed E-state index contributed by atoms with van der Waals surface area (Å²) in [7, 11) is 0. The van der Waals surface area contributed by atoms with Crippen LogP contribution >= 0.6 is 22.6 Å². The molecule has 0 aromatic heterocycles. The first-order chi connectivity index (χ1) is 10.5. The molecule has 0 radical (unpaired) electrons. The average molecular weight is 417 g/mol. The van der Waals surface area contributed by atoms with Gasteiger partial charge in [-0.2, -0.15) is 0 Å². The van der Waals surface area contributed by atoms with Crippen LogP contribution in [0.25, 0.3) is 0 Å². The van der Waals surface area contributed by atoms with E-state index in [9.17, 15) is 18.4 Å². The Morgan fingerprint density at radius 1 is 1.14 bits per heavy atom. The number of anilines is 1. The number of amides is 1. The van der Waals surface area contributed by atoms with E-state index in [4.69, 9.17) is 4.74 Å². The largest absolute Gasteiger partial charge is 0.452 e. The number of carbonyl (C=O) groups is 2. The molecule has 0 spiro atoms. The summed E-state index contributed by atoms with van der Waals surface area (Å²) in [5, 5.41) is 2.14. The molecule has 0 atom stereocenters. The second-order valence-corrected chi connectivity index (χ2v) is 5.50. The van der Waals surface area contributed by atoms with Crippen LogP contribution in [0.3, 0.4) is 0 Å². The molecule has 0 bridgehead atoms. The van der Waals surface area contributed by atoms with Crippen molar-refractivity contribution in [2.45, 2.75) is 0 Å². The summed E-state index contributed by atoms with van der Waals surface area (Å²) in [6, 6.07) is 9.30. The lowest BCUT2D eigenvalue weighted by Gasteiger charge is -2.07. The third kappa shape index (κ3) is 4.48. The molecule has 2 rings (SSSR count). The molecule has 2 aromatic rings. The first-order valence-electron chi connectivity index (χ1n) is 6.13. The minimum Gasteiger partial charge on any atom is -0.452 e. The first kappa shape index (κ1) is 16.3. The highest BCUT2D eigenvalue weighted by Crippen LogP contribution is 2.15. The van der Waals surface area contributed by atoms with Crippen LogP contribution in [-0.2, 0) is 9.53 Å². The Morgan fingerprint density at radius 2 is 1.91 bits per heavy atom. The Bertz CT molecular complexity index is 722. The standard InChI is InChI=1S/C15H10F2INO3/c16-10-4-5-12(17)13(7-10)19-14(20)8-22-15(21)9-2-1-3-11(18)6-9/h1-7H,8H2,(H,19,20). The summed E-state index contributed by atoms with van der Waals surface area (Å²) in [4.78, 5) is 23.3. The quantitative estimate of drug-likeness (QED) is 0.614. The zero-order chi connectivity index (χ0) is 16.1. The molecular weight excluding hydrogens is 407 g/mol. The van der Waals surface area contributed by atoms with Crippen molar-refractivity contribution in [1.29, 1.82) is 0 Å². The molecule has 0 aliphatic heterocycles.